The molecule has 1 aromatic rings. The first-order chi connectivity index (χ1) is 9.33. The molecule has 0 unspecified atom stereocenters. The lowest BCUT2D eigenvalue weighted by molar-refractivity contribution is 0.155. The fourth-order valence-corrected chi connectivity index (χ4v) is 2.45. The van der Waals surface area contributed by atoms with E-state index in [1.54, 1.807) is 0 Å². The fourth-order valence-electron chi connectivity index (χ4n) is 2.45. The lowest BCUT2D eigenvalue weighted by Crippen LogP contribution is -2.19. The highest BCUT2D eigenvalue weighted by Gasteiger charge is 2.15. The molecule has 1 saturated carbocycles. The van der Waals surface area contributed by atoms with E-state index in [-0.39, 0.29) is 7.43 Å². The van der Waals surface area contributed by atoms with Gasteiger partial charge < -0.3 is 4.74 Å². The summed E-state index contributed by atoms with van der Waals surface area (Å²) in [6, 6.07) is 6.10. The zero-order valence-electron chi connectivity index (χ0n) is 12.5. The van der Waals surface area contributed by atoms with E-state index >= 15 is 0 Å². The first-order valence-electron chi connectivity index (χ1n) is 7.59. The normalized spacial score (nSPS) is 14.3. The van der Waals surface area contributed by atoms with Crippen LogP contribution in [0.1, 0.15) is 71.4 Å². The summed E-state index contributed by atoms with van der Waals surface area (Å²) in [5.74, 6) is 3.70. The zero-order valence-corrected chi connectivity index (χ0v) is 12.5. The van der Waals surface area contributed by atoms with Gasteiger partial charge in [-0.15, -0.1) is 6.42 Å². The van der Waals surface area contributed by atoms with E-state index in [2.05, 4.69) is 18.9 Å². The van der Waals surface area contributed by atoms with Crippen LogP contribution in [0.5, 0.6) is 5.75 Å². The Morgan fingerprint density at radius 3 is 2.40 bits per heavy atom. The van der Waals surface area contributed by atoms with Gasteiger partial charge in [0, 0.05) is 5.56 Å². The van der Waals surface area contributed by atoms with Crippen molar-refractivity contribution in [2.24, 2.45) is 0 Å². The van der Waals surface area contributed by atoms with E-state index in [0.717, 1.165) is 17.7 Å². The Bertz CT molecular complexity index is 408. The third-order valence-corrected chi connectivity index (χ3v) is 3.47. The molecule has 0 bridgehead atoms. The zero-order chi connectivity index (χ0) is 14.1. The molecule has 0 heterocycles. The van der Waals surface area contributed by atoms with Crippen molar-refractivity contribution >= 4 is 0 Å². The van der Waals surface area contributed by atoms with Crippen LogP contribution in [0.4, 0.5) is 0 Å². The number of rotatable bonds is 3. The first-order valence-corrected chi connectivity index (χ1v) is 7.59. The van der Waals surface area contributed by atoms with Crippen LogP contribution in [0, 0.1) is 12.3 Å². The van der Waals surface area contributed by atoms with Gasteiger partial charge in [-0.05, 0) is 55.9 Å². The van der Waals surface area contributed by atoms with Crippen molar-refractivity contribution in [1.82, 2.24) is 0 Å². The highest BCUT2D eigenvalue weighted by Crippen LogP contribution is 2.25. The van der Waals surface area contributed by atoms with Crippen LogP contribution >= 0.6 is 0 Å². The second-order valence-corrected chi connectivity index (χ2v) is 4.69. The van der Waals surface area contributed by atoms with Crippen LogP contribution in [0.3, 0.4) is 0 Å². The number of hydrogen-bond donors (Lipinski definition) is 0. The minimum absolute atomic E-state index is 0. The predicted molar refractivity (Wildman–Crippen MR) is 89.3 cm³/mol. The number of ether oxygens (including phenoxy) is 1. The SMILES string of the molecule is C.C#Cc1ccc(OC2CCCCC2)cc1CC.CC. The van der Waals surface area contributed by atoms with Gasteiger partial charge in [0.2, 0.25) is 0 Å². The maximum Gasteiger partial charge on any atom is 0.120 e. The molecule has 0 amide bonds. The van der Waals surface area contributed by atoms with Crippen molar-refractivity contribution < 1.29 is 4.74 Å². The van der Waals surface area contributed by atoms with E-state index in [4.69, 9.17) is 11.2 Å². The molecular weight excluding hydrogens is 244 g/mol. The molecule has 20 heavy (non-hydrogen) atoms. The monoisotopic (exact) mass is 274 g/mol. The van der Waals surface area contributed by atoms with Crippen molar-refractivity contribution in [3.8, 4) is 18.1 Å². The van der Waals surface area contributed by atoms with Crippen molar-refractivity contribution in [3.05, 3.63) is 29.3 Å². The molecule has 0 spiro atoms. The predicted octanol–water partition coefficient (Wildman–Crippen LogP) is 5.60. The number of terminal acetylenes is 1. The van der Waals surface area contributed by atoms with Gasteiger partial charge in [0.25, 0.3) is 0 Å². The van der Waals surface area contributed by atoms with Gasteiger partial charge in [-0.3, -0.25) is 0 Å². The average Bonchev–Trinajstić information content (AvgIpc) is 2.50. The quantitative estimate of drug-likeness (QED) is 0.651. The Hall–Kier alpha value is -1.42. The van der Waals surface area contributed by atoms with Crippen LogP contribution in [0.25, 0.3) is 0 Å². The van der Waals surface area contributed by atoms with Gasteiger partial charge >= 0.3 is 0 Å². The van der Waals surface area contributed by atoms with E-state index in [0.29, 0.717) is 6.10 Å². The van der Waals surface area contributed by atoms with Gasteiger partial charge in [-0.25, -0.2) is 0 Å². The molecule has 0 atom stereocenters. The largest absolute Gasteiger partial charge is 0.490 e. The molecular formula is C19H30O. The third-order valence-electron chi connectivity index (χ3n) is 3.47. The summed E-state index contributed by atoms with van der Waals surface area (Å²) in [5, 5.41) is 0. The fraction of sp³-hybridized carbons (Fsp3) is 0.579. The molecule has 0 radical (unpaired) electrons. The molecule has 0 N–H and O–H groups in total. The maximum atomic E-state index is 6.03. The molecule has 1 aliphatic carbocycles. The minimum Gasteiger partial charge on any atom is -0.490 e. The van der Waals surface area contributed by atoms with Gasteiger partial charge in [-0.1, -0.05) is 40.5 Å². The first kappa shape index (κ1) is 18.6. The summed E-state index contributed by atoms with van der Waals surface area (Å²) in [6.07, 6.45) is 13.2. The summed E-state index contributed by atoms with van der Waals surface area (Å²) in [7, 11) is 0. The molecule has 0 aliphatic heterocycles. The third kappa shape index (κ3) is 5.29. The Labute approximate surface area is 125 Å². The van der Waals surface area contributed by atoms with Crippen molar-refractivity contribution in [2.45, 2.75) is 72.8 Å². The standard InChI is InChI=1S/C16H20O.C2H6.CH4/c1-3-13-10-11-16(12-14(13)4-2)17-15-8-6-5-7-9-15;1-2;/h1,10-12,15H,4-9H2,2H3;1-2H3;1H4. The number of aryl methyl sites for hydroxylation is 1. The average molecular weight is 274 g/mol. The lowest BCUT2D eigenvalue weighted by Gasteiger charge is -2.23. The molecule has 0 aromatic heterocycles. The lowest BCUT2D eigenvalue weighted by atomic mass is 9.97. The summed E-state index contributed by atoms with van der Waals surface area (Å²) in [6.45, 7) is 6.13. The summed E-state index contributed by atoms with van der Waals surface area (Å²) in [4.78, 5) is 0. The van der Waals surface area contributed by atoms with Crippen LogP contribution < -0.4 is 4.74 Å². The Morgan fingerprint density at radius 2 is 1.85 bits per heavy atom. The molecule has 1 aromatic carbocycles. The van der Waals surface area contributed by atoms with E-state index in [1.165, 1.54) is 37.7 Å². The van der Waals surface area contributed by atoms with E-state index in [9.17, 15) is 0 Å². The Morgan fingerprint density at radius 1 is 1.20 bits per heavy atom. The van der Waals surface area contributed by atoms with Crippen molar-refractivity contribution in [3.63, 3.8) is 0 Å². The second-order valence-electron chi connectivity index (χ2n) is 4.69. The molecule has 1 nitrogen and oxygen atoms in total. The molecule has 0 saturated heterocycles. The van der Waals surface area contributed by atoms with Crippen LogP contribution in [0.15, 0.2) is 18.2 Å². The minimum atomic E-state index is 0. The van der Waals surface area contributed by atoms with Crippen molar-refractivity contribution in [2.75, 3.05) is 0 Å². The van der Waals surface area contributed by atoms with Gasteiger partial charge in [-0.2, -0.15) is 0 Å². The van der Waals surface area contributed by atoms with E-state index < -0.39 is 0 Å². The smallest absolute Gasteiger partial charge is 0.120 e. The number of benzene rings is 1. The van der Waals surface area contributed by atoms with Gasteiger partial charge in [0.05, 0.1) is 6.10 Å². The highest BCUT2D eigenvalue weighted by molar-refractivity contribution is 5.44. The number of hydrogen-bond acceptors (Lipinski definition) is 1. The van der Waals surface area contributed by atoms with Crippen LogP contribution in [-0.4, -0.2) is 6.10 Å². The topological polar surface area (TPSA) is 9.23 Å². The Kier molecular flexibility index (Phi) is 9.64. The molecule has 2 rings (SSSR count). The molecule has 1 heteroatoms. The Balaban J connectivity index is 0.00000115. The van der Waals surface area contributed by atoms with Crippen LogP contribution in [-0.2, 0) is 6.42 Å². The van der Waals surface area contributed by atoms with E-state index in [1.807, 2.05) is 26.0 Å². The summed E-state index contributed by atoms with van der Waals surface area (Å²) >= 11 is 0. The molecule has 112 valence electrons. The summed E-state index contributed by atoms with van der Waals surface area (Å²) in [5.41, 5.74) is 2.20. The maximum absolute atomic E-state index is 6.03. The van der Waals surface area contributed by atoms with Crippen molar-refractivity contribution in [1.29, 1.82) is 0 Å². The summed E-state index contributed by atoms with van der Waals surface area (Å²) < 4.78 is 6.03. The highest BCUT2D eigenvalue weighted by atomic mass is 16.5. The molecule has 1 fully saturated rings. The van der Waals surface area contributed by atoms with Gasteiger partial charge in [0.1, 0.15) is 5.75 Å². The van der Waals surface area contributed by atoms with Gasteiger partial charge in [0.15, 0.2) is 0 Å². The second kappa shape index (κ2) is 10.4. The van der Waals surface area contributed by atoms with Crippen LogP contribution in [0.2, 0.25) is 0 Å². The molecule has 1 aliphatic rings.